The molecular formula is C25H36N4O4. The maximum Gasteiger partial charge on any atom is 0.437 e. The molecule has 2 heterocycles. The highest BCUT2D eigenvalue weighted by atomic mass is 16.4. The van der Waals surface area contributed by atoms with Gasteiger partial charge in [-0.1, -0.05) is 58.0 Å². The monoisotopic (exact) mass is 456 g/mol. The molecule has 180 valence electrons. The number of hydrogen-bond acceptors (Lipinski definition) is 6. The Morgan fingerprint density at radius 3 is 2.58 bits per heavy atom. The van der Waals surface area contributed by atoms with E-state index in [9.17, 15) is 14.4 Å². The minimum Gasteiger partial charge on any atom is -0.384 e. The van der Waals surface area contributed by atoms with Gasteiger partial charge in [-0.15, -0.1) is 5.10 Å². The highest BCUT2D eigenvalue weighted by molar-refractivity contribution is 5.97. The number of benzene rings is 1. The van der Waals surface area contributed by atoms with Crippen LogP contribution in [0.2, 0.25) is 0 Å². The Balaban J connectivity index is 1.81. The van der Waals surface area contributed by atoms with Gasteiger partial charge in [0.2, 0.25) is 12.2 Å². The van der Waals surface area contributed by atoms with Crippen molar-refractivity contribution in [2.24, 2.45) is 11.8 Å². The van der Waals surface area contributed by atoms with Gasteiger partial charge in [0.15, 0.2) is 0 Å². The van der Waals surface area contributed by atoms with E-state index < -0.39 is 17.6 Å². The summed E-state index contributed by atoms with van der Waals surface area (Å²) in [5, 5.41) is 4.15. The fourth-order valence-electron chi connectivity index (χ4n) is 4.50. The van der Waals surface area contributed by atoms with Crippen molar-refractivity contribution in [3.05, 3.63) is 52.3 Å². The van der Waals surface area contributed by atoms with Crippen molar-refractivity contribution < 1.29 is 14.0 Å². The van der Waals surface area contributed by atoms with E-state index in [1.165, 1.54) is 10.2 Å². The Morgan fingerprint density at radius 2 is 1.94 bits per heavy atom. The Bertz CT molecular complexity index is 966. The molecule has 2 atom stereocenters. The molecule has 8 nitrogen and oxygen atoms in total. The molecule has 8 heteroatoms. The summed E-state index contributed by atoms with van der Waals surface area (Å²) in [4.78, 5) is 41.8. The quantitative estimate of drug-likeness (QED) is 0.360. The average molecular weight is 457 g/mol. The summed E-state index contributed by atoms with van der Waals surface area (Å²) in [5.41, 5.74) is 1.24. The topological polar surface area (TPSA) is 88.6 Å². The van der Waals surface area contributed by atoms with E-state index in [1.54, 1.807) is 4.90 Å². The average Bonchev–Trinajstić information content (AvgIpc) is 3.38. The van der Waals surface area contributed by atoms with Gasteiger partial charge < -0.3 is 9.32 Å². The van der Waals surface area contributed by atoms with Crippen LogP contribution in [-0.2, 0) is 17.8 Å². The number of nitrogens with zero attached hydrogens (tertiary/aromatic N) is 4. The smallest absolute Gasteiger partial charge is 0.384 e. The van der Waals surface area contributed by atoms with Crippen molar-refractivity contribution in [2.75, 3.05) is 13.1 Å². The zero-order valence-electron chi connectivity index (χ0n) is 20.1. The molecule has 0 N–H and O–H groups in total. The normalized spacial score (nSPS) is 17.6. The highest BCUT2D eigenvalue weighted by Gasteiger charge is 2.38. The van der Waals surface area contributed by atoms with Crippen molar-refractivity contribution in [3.63, 3.8) is 0 Å². The molecule has 1 aromatic heterocycles. The SMILES string of the molecule is CC(C)C[C@@H](C(=O)c1nn(CC(C)C)c(=O)o1)N(C=O)[C@@H]1CCCN1CCc1ccccc1. The fourth-order valence-corrected chi connectivity index (χ4v) is 4.50. The minimum atomic E-state index is -0.727. The van der Waals surface area contributed by atoms with Crippen molar-refractivity contribution >= 4 is 12.2 Å². The third-order valence-corrected chi connectivity index (χ3v) is 6.04. The number of Topliss-reactive ketones (excluding diaryl/α,β-unsaturated/α-hetero) is 1. The standard InChI is InChI=1S/C25H36N4O4/c1-18(2)15-21(23(31)24-26-29(16-19(3)4)25(32)33-24)28(17-30)22-11-8-13-27(22)14-12-20-9-6-5-7-10-20/h5-7,9-10,17-19,21-22H,8,11-16H2,1-4H3/t21-,22+/m0/s1. The number of aromatic nitrogens is 2. The molecule has 0 unspecified atom stereocenters. The van der Waals surface area contributed by atoms with Gasteiger partial charge in [-0.2, -0.15) is 4.68 Å². The van der Waals surface area contributed by atoms with Gasteiger partial charge in [0.1, 0.15) is 6.04 Å². The van der Waals surface area contributed by atoms with E-state index in [2.05, 4.69) is 22.1 Å². The van der Waals surface area contributed by atoms with Crippen LogP contribution in [0.5, 0.6) is 0 Å². The molecule has 33 heavy (non-hydrogen) atoms. The molecule has 1 saturated heterocycles. The lowest BCUT2D eigenvalue weighted by Gasteiger charge is -2.37. The van der Waals surface area contributed by atoms with E-state index in [4.69, 9.17) is 4.42 Å². The molecule has 3 rings (SSSR count). The third-order valence-electron chi connectivity index (χ3n) is 6.04. The number of ketones is 1. The van der Waals surface area contributed by atoms with Crippen LogP contribution in [0.15, 0.2) is 39.5 Å². The predicted octanol–water partition coefficient (Wildman–Crippen LogP) is 3.21. The van der Waals surface area contributed by atoms with Crippen LogP contribution in [0.3, 0.4) is 0 Å². The molecule has 0 aliphatic carbocycles. The first-order valence-electron chi connectivity index (χ1n) is 11.9. The molecular weight excluding hydrogens is 420 g/mol. The number of rotatable bonds is 12. The lowest BCUT2D eigenvalue weighted by Crippen LogP contribution is -2.52. The fraction of sp³-hybridized carbons (Fsp3) is 0.600. The van der Waals surface area contributed by atoms with E-state index in [-0.39, 0.29) is 23.9 Å². The Labute approximate surface area is 195 Å². The van der Waals surface area contributed by atoms with Crippen LogP contribution < -0.4 is 5.76 Å². The second kappa shape index (κ2) is 11.4. The number of carbonyl (C=O) groups is 2. The molecule has 1 aromatic carbocycles. The molecule has 0 bridgehead atoms. The van der Waals surface area contributed by atoms with Crippen molar-refractivity contribution in [2.45, 2.75) is 72.1 Å². The lowest BCUT2D eigenvalue weighted by atomic mass is 9.98. The van der Waals surface area contributed by atoms with Crippen LogP contribution in [0, 0.1) is 11.8 Å². The zero-order valence-corrected chi connectivity index (χ0v) is 20.1. The van der Waals surface area contributed by atoms with Crippen molar-refractivity contribution in [1.29, 1.82) is 0 Å². The predicted molar refractivity (Wildman–Crippen MR) is 126 cm³/mol. The van der Waals surface area contributed by atoms with Crippen molar-refractivity contribution in [1.82, 2.24) is 19.6 Å². The van der Waals surface area contributed by atoms with Crippen LogP contribution in [0.1, 0.15) is 63.2 Å². The number of amides is 1. The minimum absolute atomic E-state index is 0.164. The van der Waals surface area contributed by atoms with Gasteiger partial charge in [0, 0.05) is 13.1 Å². The van der Waals surface area contributed by atoms with Crippen LogP contribution >= 0.6 is 0 Å². The Kier molecular flexibility index (Phi) is 8.61. The summed E-state index contributed by atoms with van der Waals surface area (Å²) in [6, 6.07) is 9.53. The molecule has 0 saturated carbocycles. The first-order valence-corrected chi connectivity index (χ1v) is 11.9. The van der Waals surface area contributed by atoms with E-state index >= 15 is 0 Å². The van der Waals surface area contributed by atoms with E-state index in [1.807, 2.05) is 45.9 Å². The molecule has 1 amide bonds. The molecule has 2 aromatic rings. The van der Waals surface area contributed by atoms with Crippen LogP contribution in [-0.4, -0.2) is 57.1 Å². The van der Waals surface area contributed by atoms with E-state index in [0.717, 1.165) is 38.8 Å². The van der Waals surface area contributed by atoms with Gasteiger partial charge in [-0.25, -0.2) is 4.79 Å². The second-order valence-corrected chi connectivity index (χ2v) is 9.71. The molecule has 0 spiro atoms. The summed E-state index contributed by atoms with van der Waals surface area (Å²) in [6.07, 6.45) is 3.73. The Hall–Kier alpha value is -2.74. The summed E-state index contributed by atoms with van der Waals surface area (Å²) in [5.74, 6) is -0.911. The molecule has 0 radical (unpaired) electrons. The van der Waals surface area contributed by atoms with Crippen LogP contribution in [0.4, 0.5) is 0 Å². The number of likely N-dealkylation sites (tertiary alicyclic amines) is 1. The van der Waals surface area contributed by atoms with Gasteiger partial charge in [0.05, 0.1) is 12.7 Å². The summed E-state index contributed by atoms with van der Waals surface area (Å²) in [6.45, 7) is 10.0. The summed E-state index contributed by atoms with van der Waals surface area (Å²) < 4.78 is 6.41. The molecule has 1 fully saturated rings. The van der Waals surface area contributed by atoms with Gasteiger partial charge in [-0.05, 0) is 43.1 Å². The maximum atomic E-state index is 13.4. The third kappa shape index (κ3) is 6.41. The largest absolute Gasteiger partial charge is 0.437 e. The Morgan fingerprint density at radius 1 is 1.21 bits per heavy atom. The summed E-state index contributed by atoms with van der Waals surface area (Å²) in [7, 11) is 0. The first kappa shape index (κ1) is 24.9. The second-order valence-electron chi connectivity index (χ2n) is 9.71. The van der Waals surface area contributed by atoms with Gasteiger partial charge in [-0.3, -0.25) is 14.5 Å². The molecule has 1 aliphatic rings. The maximum absolute atomic E-state index is 13.4. The lowest BCUT2D eigenvalue weighted by molar-refractivity contribution is -0.125. The van der Waals surface area contributed by atoms with Gasteiger partial charge >= 0.3 is 5.76 Å². The zero-order chi connectivity index (χ0) is 24.0. The van der Waals surface area contributed by atoms with Gasteiger partial charge in [0.25, 0.3) is 5.89 Å². The van der Waals surface area contributed by atoms with Crippen molar-refractivity contribution in [3.8, 4) is 0 Å². The highest BCUT2D eigenvalue weighted by Crippen LogP contribution is 2.26. The molecule has 1 aliphatic heterocycles. The summed E-state index contributed by atoms with van der Waals surface area (Å²) >= 11 is 0. The van der Waals surface area contributed by atoms with E-state index in [0.29, 0.717) is 13.0 Å². The number of carbonyl (C=O) groups excluding carboxylic acids is 2. The number of hydrogen-bond donors (Lipinski definition) is 0. The first-order chi connectivity index (χ1) is 15.8. The van der Waals surface area contributed by atoms with Crippen LogP contribution in [0.25, 0.3) is 0 Å².